The van der Waals surface area contributed by atoms with Gasteiger partial charge in [0.15, 0.2) is 6.61 Å². The van der Waals surface area contributed by atoms with E-state index in [2.05, 4.69) is 5.32 Å². The van der Waals surface area contributed by atoms with Crippen LogP contribution >= 0.6 is 11.6 Å². The molecule has 0 aliphatic carbocycles. The van der Waals surface area contributed by atoms with Gasteiger partial charge in [-0.2, -0.15) is 0 Å². The third-order valence-corrected chi connectivity index (χ3v) is 7.21. The molecular formula is C26H29ClN2O5S. The molecule has 3 aromatic carbocycles. The Morgan fingerprint density at radius 1 is 1.00 bits per heavy atom. The van der Waals surface area contributed by atoms with Crippen molar-refractivity contribution in [2.75, 3.05) is 24.6 Å². The van der Waals surface area contributed by atoms with Gasteiger partial charge in [-0.3, -0.25) is 9.10 Å². The average molecular weight is 517 g/mol. The minimum absolute atomic E-state index is 0.118. The van der Waals surface area contributed by atoms with Crippen LogP contribution in [0.3, 0.4) is 0 Å². The minimum Gasteiger partial charge on any atom is -0.484 e. The Bertz CT molecular complexity index is 1210. The van der Waals surface area contributed by atoms with Crippen LogP contribution in [0.4, 0.5) is 5.69 Å². The zero-order valence-electron chi connectivity index (χ0n) is 19.9. The van der Waals surface area contributed by atoms with Gasteiger partial charge in [0.05, 0.1) is 23.7 Å². The molecule has 0 spiro atoms. The first kappa shape index (κ1) is 26.5. The minimum atomic E-state index is -3.85. The molecule has 0 unspecified atom stereocenters. The fourth-order valence-electron chi connectivity index (χ4n) is 3.37. The first-order valence-corrected chi connectivity index (χ1v) is 12.9. The number of carbonyl (C=O) groups is 1. The summed E-state index contributed by atoms with van der Waals surface area (Å²) in [6.45, 7) is 4.09. The smallest absolute Gasteiger partial charge is 0.264 e. The molecule has 3 rings (SSSR count). The van der Waals surface area contributed by atoms with Gasteiger partial charge in [0.2, 0.25) is 0 Å². The van der Waals surface area contributed by atoms with Crippen LogP contribution in [0.2, 0.25) is 5.02 Å². The van der Waals surface area contributed by atoms with E-state index in [1.165, 1.54) is 4.31 Å². The first-order valence-electron chi connectivity index (χ1n) is 11.0. The van der Waals surface area contributed by atoms with Crippen LogP contribution in [0.5, 0.6) is 5.75 Å². The molecule has 0 bridgehead atoms. The number of methoxy groups -OCH3 is 1. The molecule has 7 nitrogen and oxygen atoms in total. The average Bonchev–Trinajstić information content (AvgIpc) is 2.83. The van der Waals surface area contributed by atoms with E-state index >= 15 is 0 Å². The summed E-state index contributed by atoms with van der Waals surface area (Å²) in [7, 11) is -2.29. The van der Waals surface area contributed by atoms with Crippen LogP contribution in [0, 0.1) is 6.92 Å². The second kappa shape index (κ2) is 12.1. The van der Waals surface area contributed by atoms with Crippen LogP contribution in [0.15, 0.2) is 77.7 Å². The number of ether oxygens (including phenoxy) is 2. The van der Waals surface area contributed by atoms with Gasteiger partial charge in [0.25, 0.3) is 15.9 Å². The third kappa shape index (κ3) is 7.45. The van der Waals surface area contributed by atoms with E-state index in [1.807, 2.05) is 13.8 Å². The fraction of sp³-hybridized carbons (Fsp3) is 0.269. The van der Waals surface area contributed by atoms with Gasteiger partial charge in [-0.15, -0.1) is 0 Å². The molecule has 9 heteroatoms. The maximum atomic E-state index is 13.6. The Morgan fingerprint density at radius 3 is 2.23 bits per heavy atom. The highest BCUT2D eigenvalue weighted by atomic mass is 35.5. The largest absolute Gasteiger partial charge is 0.484 e. The van der Waals surface area contributed by atoms with Crippen LogP contribution < -0.4 is 14.4 Å². The normalized spacial score (nSPS) is 12.1. The summed E-state index contributed by atoms with van der Waals surface area (Å²) >= 11 is 6.00. The number of rotatable bonds is 11. The van der Waals surface area contributed by atoms with Crippen molar-refractivity contribution < 1.29 is 22.7 Å². The number of nitrogens with one attached hydrogen (secondary N) is 1. The molecule has 0 aliphatic heterocycles. The maximum Gasteiger partial charge on any atom is 0.264 e. The topological polar surface area (TPSA) is 84.9 Å². The van der Waals surface area contributed by atoms with Crippen LogP contribution in [0.1, 0.15) is 18.1 Å². The van der Waals surface area contributed by atoms with E-state index in [1.54, 1.807) is 79.9 Å². The van der Waals surface area contributed by atoms with E-state index < -0.39 is 10.0 Å². The highest BCUT2D eigenvalue weighted by Gasteiger charge is 2.25. The van der Waals surface area contributed by atoms with E-state index in [9.17, 15) is 13.2 Å². The summed E-state index contributed by atoms with van der Waals surface area (Å²) in [5.41, 5.74) is 2.22. The molecule has 1 N–H and O–H groups in total. The lowest BCUT2D eigenvalue weighted by Gasteiger charge is -2.25. The van der Waals surface area contributed by atoms with E-state index in [0.717, 1.165) is 11.1 Å². The first-order chi connectivity index (χ1) is 16.7. The zero-order chi connectivity index (χ0) is 25.4. The lowest BCUT2D eigenvalue weighted by atomic mass is 10.2. The van der Waals surface area contributed by atoms with Crippen molar-refractivity contribution in [2.45, 2.75) is 31.3 Å². The SMILES string of the molecule is COC[C@H](C)NC(=O)COc1ccc(N(Cc2ccc(Cl)cc2)S(=O)(=O)c2ccc(C)cc2)cc1. The Labute approximate surface area is 211 Å². The van der Waals surface area contributed by atoms with Crippen molar-refractivity contribution >= 4 is 33.2 Å². The van der Waals surface area contributed by atoms with Crippen molar-refractivity contribution in [3.63, 3.8) is 0 Å². The van der Waals surface area contributed by atoms with Crippen molar-refractivity contribution in [1.29, 1.82) is 0 Å². The standard InChI is InChI=1S/C26H29ClN2O5S/c1-19-4-14-25(15-5-19)35(31,32)29(16-21-6-8-22(27)9-7-21)23-10-12-24(13-11-23)34-18-26(30)28-20(2)17-33-3/h4-15,20H,16-18H2,1-3H3,(H,28,30)/t20-/m0/s1. The van der Waals surface area contributed by atoms with Crippen molar-refractivity contribution in [2.24, 2.45) is 0 Å². The quantitative estimate of drug-likeness (QED) is 0.403. The second-order valence-corrected chi connectivity index (χ2v) is 10.5. The molecule has 0 heterocycles. The highest BCUT2D eigenvalue weighted by Crippen LogP contribution is 2.28. The van der Waals surface area contributed by atoms with E-state index in [0.29, 0.717) is 23.1 Å². The molecule has 1 atom stereocenters. The number of amides is 1. The molecular weight excluding hydrogens is 488 g/mol. The fourth-order valence-corrected chi connectivity index (χ4v) is 4.95. The zero-order valence-corrected chi connectivity index (χ0v) is 21.5. The van der Waals surface area contributed by atoms with Gasteiger partial charge in [-0.25, -0.2) is 8.42 Å². The summed E-state index contributed by atoms with van der Waals surface area (Å²) in [6.07, 6.45) is 0. The molecule has 0 saturated carbocycles. The molecule has 186 valence electrons. The molecule has 35 heavy (non-hydrogen) atoms. The van der Waals surface area contributed by atoms with E-state index in [4.69, 9.17) is 21.1 Å². The summed E-state index contributed by atoms with van der Waals surface area (Å²) in [6, 6.07) is 20.2. The van der Waals surface area contributed by atoms with Gasteiger partial charge in [0.1, 0.15) is 5.75 Å². The van der Waals surface area contributed by atoms with Crippen LogP contribution in [0.25, 0.3) is 0 Å². The lowest BCUT2D eigenvalue weighted by molar-refractivity contribution is -0.124. The Balaban J connectivity index is 1.81. The Hall–Kier alpha value is -3.07. The predicted octanol–water partition coefficient (Wildman–Crippen LogP) is 4.57. The molecule has 0 aliphatic rings. The van der Waals surface area contributed by atoms with Gasteiger partial charge in [0, 0.05) is 18.2 Å². The molecule has 0 aromatic heterocycles. The summed E-state index contributed by atoms with van der Waals surface area (Å²) in [4.78, 5) is 12.2. The number of hydrogen-bond donors (Lipinski definition) is 1. The second-order valence-electron chi connectivity index (χ2n) is 8.16. The van der Waals surface area contributed by atoms with Gasteiger partial charge < -0.3 is 14.8 Å². The molecule has 1 amide bonds. The van der Waals surface area contributed by atoms with Gasteiger partial charge in [-0.1, -0.05) is 41.4 Å². The maximum absolute atomic E-state index is 13.6. The molecule has 0 saturated heterocycles. The number of benzene rings is 3. The van der Waals surface area contributed by atoms with Crippen molar-refractivity contribution in [3.8, 4) is 5.75 Å². The summed E-state index contributed by atoms with van der Waals surface area (Å²) in [5.74, 6) is 0.174. The monoisotopic (exact) mass is 516 g/mol. The number of halogens is 1. The molecule has 0 radical (unpaired) electrons. The van der Waals surface area contributed by atoms with Crippen molar-refractivity contribution in [3.05, 3.63) is 88.9 Å². The Morgan fingerprint density at radius 2 is 1.63 bits per heavy atom. The number of carbonyl (C=O) groups excluding carboxylic acids is 1. The number of nitrogens with zero attached hydrogens (tertiary/aromatic N) is 1. The van der Waals surface area contributed by atoms with E-state index in [-0.39, 0.29) is 30.0 Å². The third-order valence-electron chi connectivity index (χ3n) is 5.17. The van der Waals surface area contributed by atoms with Crippen molar-refractivity contribution in [1.82, 2.24) is 5.32 Å². The summed E-state index contributed by atoms with van der Waals surface area (Å²) in [5, 5.41) is 3.34. The van der Waals surface area contributed by atoms with Gasteiger partial charge >= 0.3 is 0 Å². The summed E-state index contributed by atoms with van der Waals surface area (Å²) < 4.78 is 39.1. The Kier molecular flexibility index (Phi) is 9.14. The molecule has 0 fully saturated rings. The predicted molar refractivity (Wildman–Crippen MR) is 137 cm³/mol. The number of hydrogen-bond acceptors (Lipinski definition) is 5. The number of sulfonamides is 1. The lowest BCUT2D eigenvalue weighted by Crippen LogP contribution is -2.38. The molecule has 3 aromatic rings. The van der Waals surface area contributed by atoms with Crippen LogP contribution in [-0.2, 0) is 26.1 Å². The van der Waals surface area contributed by atoms with Crippen LogP contribution in [-0.4, -0.2) is 40.7 Å². The number of aryl methyl sites for hydroxylation is 1. The highest BCUT2D eigenvalue weighted by molar-refractivity contribution is 7.92. The number of anilines is 1. The van der Waals surface area contributed by atoms with Gasteiger partial charge in [-0.05, 0) is 67.9 Å².